The first-order valence-electron chi connectivity index (χ1n) is 6.93. The molecular weight excluding hydrogens is 282 g/mol. The minimum absolute atomic E-state index is 0.0736. The molecule has 0 unspecified atom stereocenters. The fourth-order valence-corrected chi connectivity index (χ4v) is 1.96. The smallest absolute Gasteiger partial charge is 0.410 e. The Morgan fingerprint density at radius 2 is 2.14 bits per heavy atom. The summed E-state index contributed by atoms with van der Waals surface area (Å²) in [6.07, 6.45) is -0.386. The molecule has 7 heteroatoms. The summed E-state index contributed by atoms with van der Waals surface area (Å²) in [5.74, 6) is -0.0736. The Hall–Kier alpha value is -2.57. The third-order valence-corrected chi connectivity index (χ3v) is 2.92. The SMILES string of the molecule is CN(Cc1cc2nc(C(=N)N)ccc2[nH]1)C(=O)OC(C)(C)C. The average molecular weight is 303 g/mol. The monoisotopic (exact) mass is 303 g/mol. The van der Waals surface area contributed by atoms with Crippen LogP contribution in [0.3, 0.4) is 0 Å². The maximum atomic E-state index is 12.0. The van der Waals surface area contributed by atoms with Gasteiger partial charge < -0.3 is 20.4 Å². The number of aromatic amines is 1. The molecule has 2 rings (SSSR count). The molecule has 0 radical (unpaired) electrons. The van der Waals surface area contributed by atoms with Crippen molar-refractivity contribution in [3.63, 3.8) is 0 Å². The number of rotatable bonds is 3. The molecule has 0 aliphatic rings. The van der Waals surface area contributed by atoms with Crippen molar-refractivity contribution in [1.82, 2.24) is 14.9 Å². The van der Waals surface area contributed by atoms with Crippen LogP contribution < -0.4 is 5.73 Å². The van der Waals surface area contributed by atoms with Crippen LogP contribution in [0.25, 0.3) is 11.0 Å². The highest BCUT2D eigenvalue weighted by Crippen LogP contribution is 2.16. The third kappa shape index (κ3) is 3.75. The number of fused-ring (bicyclic) bond motifs is 1. The highest BCUT2D eigenvalue weighted by molar-refractivity contribution is 5.95. The Labute approximate surface area is 129 Å². The zero-order valence-electron chi connectivity index (χ0n) is 13.2. The fraction of sp³-hybridized carbons (Fsp3) is 0.400. The molecule has 0 saturated heterocycles. The highest BCUT2D eigenvalue weighted by Gasteiger charge is 2.20. The van der Waals surface area contributed by atoms with E-state index in [9.17, 15) is 4.79 Å². The number of nitrogens with one attached hydrogen (secondary N) is 2. The summed E-state index contributed by atoms with van der Waals surface area (Å²) >= 11 is 0. The molecule has 2 aromatic heterocycles. The third-order valence-electron chi connectivity index (χ3n) is 2.92. The van der Waals surface area contributed by atoms with Crippen LogP contribution >= 0.6 is 0 Å². The predicted octanol–water partition coefficient (Wildman–Crippen LogP) is 2.21. The van der Waals surface area contributed by atoms with Crippen LogP contribution in [0, 0.1) is 5.41 Å². The number of amides is 1. The number of ether oxygens (including phenoxy) is 1. The van der Waals surface area contributed by atoms with Crippen LogP contribution in [-0.4, -0.2) is 39.4 Å². The number of carbonyl (C=O) groups excluding carboxylic acids is 1. The van der Waals surface area contributed by atoms with Crippen LogP contribution in [0.1, 0.15) is 32.2 Å². The number of H-pyrrole nitrogens is 1. The first-order chi connectivity index (χ1) is 10.2. The molecule has 0 fully saturated rings. The molecule has 118 valence electrons. The number of nitrogen functional groups attached to an aromatic ring is 1. The summed E-state index contributed by atoms with van der Waals surface area (Å²) < 4.78 is 5.31. The molecule has 1 amide bonds. The highest BCUT2D eigenvalue weighted by atomic mass is 16.6. The molecule has 0 atom stereocenters. The van der Waals surface area contributed by atoms with E-state index in [1.807, 2.05) is 32.9 Å². The lowest BCUT2D eigenvalue weighted by Gasteiger charge is -2.24. The van der Waals surface area contributed by atoms with Crippen LogP contribution in [0.2, 0.25) is 0 Å². The first kappa shape index (κ1) is 15.8. The normalized spacial score (nSPS) is 11.5. The molecule has 7 nitrogen and oxygen atoms in total. The van der Waals surface area contributed by atoms with Crippen molar-refractivity contribution in [2.24, 2.45) is 5.73 Å². The second kappa shape index (κ2) is 5.67. The summed E-state index contributed by atoms with van der Waals surface area (Å²) in [6, 6.07) is 5.33. The lowest BCUT2D eigenvalue weighted by molar-refractivity contribution is 0.0283. The van der Waals surface area contributed by atoms with Crippen molar-refractivity contribution >= 4 is 23.0 Å². The van der Waals surface area contributed by atoms with Crippen molar-refractivity contribution < 1.29 is 9.53 Å². The number of hydrogen-bond donors (Lipinski definition) is 3. The van der Waals surface area contributed by atoms with Crippen LogP contribution in [0.15, 0.2) is 18.2 Å². The molecule has 0 aromatic carbocycles. The molecule has 0 aliphatic carbocycles. The van der Waals surface area contributed by atoms with Gasteiger partial charge in [0.05, 0.1) is 17.6 Å². The molecule has 0 bridgehead atoms. The van der Waals surface area contributed by atoms with Gasteiger partial charge in [0.2, 0.25) is 0 Å². The Bertz CT molecular complexity index is 714. The van der Waals surface area contributed by atoms with Gasteiger partial charge in [0, 0.05) is 12.7 Å². The van der Waals surface area contributed by atoms with Gasteiger partial charge in [0.1, 0.15) is 17.1 Å². The van der Waals surface area contributed by atoms with Crippen molar-refractivity contribution in [3.05, 3.63) is 29.6 Å². The standard InChI is InChI=1S/C15H21N5O2/c1-15(2,3)22-14(21)20(4)8-9-7-12-10(18-9)5-6-11(19-12)13(16)17/h5-7,18H,8H2,1-4H3,(H3,16,17). The number of hydrogen-bond acceptors (Lipinski definition) is 4. The van der Waals surface area contributed by atoms with E-state index in [-0.39, 0.29) is 11.9 Å². The average Bonchev–Trinajstić information content (AvgIpc) is 2.77. The van der Waals surface area contributed by atoms with E-state index in [0.29, 0.717) is 17.8 Å². The summed E-state index contributed by atoms with van der Waals surface area (Å²) in [5.41, 5.74) is 7.71. The molecule has 0 spiro atoms. The number of amidine groups is 1. The number of pyridine rings is 1. The summed E-state index contributed by atoms with van der Waals surface area (Å²) in [6.45, 7) is 5.86. The predicted molar refractivity (Wildman–Crippen MR) is 84.8 cm³/mol. The number of carbonyl (C=O) groups is 1. The van der Waals surface area contributed by atoms with Gasteiger partial charge in [-0.3, -0.25) is 5.41 Å². The van der Waals surface area contributed by atoms with Crippen LogP contribution in [0.5, 0.6) is 0 Å². The second-order valence-electron chi connectivity index (χ2n) is 6.17. The topological polar surface area (TPSA) is 108 Å². The van der Waals surface area contributed by atoms with E-state index in [1.54, 1.807) is 13.1 Å². The van der Waals surface area contributed by atoms with Gasteiger partial charge in [-0.1, -0.05) is 0 Å². The molecule has 22 heavy (non-hydrogen) atoms. The number of nitrogens with zero attached hydrogens (tertiary/aromatic N) is 2. The Morgan fingerprint density at radius 1 is 1.45 bits per heavy atom. The molecular formula is C15H21N5O2. The van der Waals surface area contributed by atoms with Crippen molar-refractivity contribution in [2.45, 2.75) is 32.9 Å². The zero-order valence-corrected chi connectivity index (χ0v) is 13.2. The quantitative estimate of drug-likeness (QED) is 0.596. The maximum absolute atomic E-state index is 12.0. The van der Waals surface area contributed by atoms with Crippen molar-refractivity contribution in [2.75, 3.05) is 7.05 Å². The molecule has 0 saturated carbocycles. The van der Waals surface area contributed by atoms with E-state index in [1.165, 1.54) is 4.90 Å². The Morgan fingerprint density at radius 3 is 2.73 bits per heavy atom. The minimum Gasteiger partial charge on any atom is -0.444 e. The summed E-state index contributed by atoms with van der Waals surface area (Å²) in [7, 11) is 1.67. The minimum atomic E-state index is -0.524. The van der Waals surface area contributed by atoms with E-state index in [4.69, 9.17) is 15.9 Å². The van der Waals surface area contributed by atoms with E-state index in [0.717, 1.165) is 11.2 Å². The molecule has 2 heterocycles. The van der Waals surface area contributed by atoms with Gasteiger partial charge in [0.25, 0.3) is 0 Å². The van der Waals surface area contributed by atoms with Crippen molar-refractivity contribution in [1.29, 1.82) is 5.41 Å². The fourth-order valence-electron chi connectivity index (χ4n) is 1.96. The Balaban J connectivity index is 2.14. The molecule has 2 aromatic rings. The lowest BCUT2D eigenvalue weighted by Crippen LogP contribution is -2.33. The summed E-state index contributed by atoms with van der Waals surface area (Å²) in [5, 5.41) is 7.41. The number of nitrogens with two attached hydrogens (primary N) is 1. The largest absolute Gasteiger partial charge is 0.444 e. The van der Waals surface area contributed by atoms with Crippen LogP contribution in [-0.2, 0) is 11.3 Å². The van der Waals surface area contributed by atoms with Gasteiger partial charge in [0.15, 0.2) is 0 Å². The van der Waals surface area contributed by atoms with Gasteiger partial charge in [-0.2, -0.15) is 0 Å². The van der Waals surface area contributed by atoms with E-state index >= 15 is 0 Å². The van der Waals surface area contributed by atoms with E-state index in [2.05, 4.69) is 9.97 Å². The van der Waals surface area contributed by atoms with E-state index < -0.39 is 5.60 Å². The number of aromatic nitrogens is 2. The van der Waals surface area contributed by atoms with Gasteiger partial charge in [-0.05, 0) is 39.0 Å². The van der Waals surface area contributed by atoms with Crippen molar-refractivity contribution in [3.8, 4) is 0 Å². The maximum Gasteiger partial charge on any atom is 0.410 e. The van der Waals surface area contributed by atoms with Gasteiger partial charge in [-0.15, -0.1) is 0 Å². The lowest BCUT2D eigenvalue weighted by atomic mass is 10.2. The summed E-state index contributed by atoms with van der Waals surface area (Å²) in [4.78, 5) is 20.9. The molecule has 0 aliphatic heterocycles. The van der Waals surface area contributed by atoms with Gasteiger partial charge >= 0.3 is 6.09 Å². The Kier molecular flexibility index (Phi) is 4.07. The second-order valence-corrected chi connectivity index (χ2v) is 6.17. The van der Waals surface area contributed by atoms with Crippen LogP contribution in [0.4, 0.5) is 4.79 Å². The van der Waals surface area contributed by atoms with Gasteiger partial charge in [-0.25, -0.2) is 9.78 Å². The molecule has 4 N–H and O–H groups in total. The first-order valence-corrected chi connectivity index (χ1v) is 6.93. The zero-order chi connectivity index (χ0) is 16.5.